The first-order chi connectivity index (χ1) is 14.3. The highest BCUT2D eigenvalue weighted by atomic mass is 16.5. The van der Waals surface area contributed by atoms with Gasteiger partial charge in [0, 0.05) is 0 Å². The molecular formula is C22H21NO7. The number of phenols is 2. The first-order valence-electron chi connectivity index (χ1n) is 8.74. The smallest absolute Gasteiger partial charge is 0.236 e. The summed E-state index contributed by atoms with van der Waals surface area (Å²) in [6, 6.07) is 8.79. The monoisotopic (exact) mass is 411 g/mol. The molecule has 2 aromatic carbocycles. The molecule has 0 aliphatic rings. The van der Waals surface area contributed by atoms with Gasteiger partial charge in [-0.2, -0.15) is 0 Å². The molecule has 0 aliphatic heterocycles. The predicted octanol–water partition coefficient (Wildman–Crippen LogP) is 2.08. The van der Waals surface area contributed by atoms with Crippen molar-refractivity contribution in [2.45, 2.75) is 0 Å². The molecule has 0 aromatic heterocycles. The number of ether oxygens (including phenoxy) is 2. The summed E-state index contributed by atoms with van der Waals surface area (Å²) in [6.45, 7) is 0. The minimum Gasteiger partial charge on any atom is -0.504 e. The molecule has 4 N–H and O–H groups in total. The van der Waals surface area contributed by atoms with Gasteiger partial charge in [-0.1, -0.05) is 24.3 Å². The number of ketones is 2. The van der Waals surface area contributed by atoms with Crippen molar-refractivity contribution in [2.75, 3.05) is 14.2 Å². The van der Waals surface area contributed by atoms with Crippen LogP contribution in [0.3, 0.4) is 0 Å². The summed E-state index contributed by atoms with van der Waals surface area (Å²) in [5.41, 5.74) is 6.28. The molecule has 0 saturated heterocycles. The van der Waals surface area contributed by atoms with Crippen LogP contribution in [0.1, 0.15) is 11.1 Å². The van der Waals surface area contributed by atoms with E-state index in [4.69, 9.17) is 15.2 Å². The highest BCUT2D eigenvalue weighted by Crippen LogP contribution is 2.27. The van der Waals surface area contributed by atoms with Gasteiger partial charge >= 0.3 is 0 Å². The topological polar surface area (TPSA) is 136 Å². The third-order valence-electron chi connectivity index (χ3n) is 4.14. The van der Waals surface area contributed by atoms with Crippen LogP contribution in [0.4, 0.5) is 0 Å². The van der Waals surface area contributed by atoms with Crippen molar-refractivity contribution in [3.05, 3.63) is 59.7 Å². The average molecular weight is 411 g/mol. The fourth-order valence-electron chi connectivity index (χ4n) is 2.57. The number of hydrogen-bond donors (Lipinski definition) is 3. The molecule has 0 atom stereocenters. The van der Waals surface area contributed by atoms with Crippen molar-refractivity contribution in [1.82, 2.24) is 0 Å². The van der Waals surface area contributed by atoms with Crippen molar-refractivity contribution in [1.29, 1.82) is 0 Å². The maximum absolute atomic E-state index is 12.4. The van der Waals surface area contributed by atoms with Gasteiger partial charge in [-0.3, -0.25) is 14.4 Å². The van der Waals surface area contributed by atoms with Crippen LogP contribution in [0.2, 0.25) is 0 Å². The van der Waals surface area contributed by atoms with Gasteiger partial charge in [0.05, 0.1) is 14.2 Å². The minimum absolute atomic E-state index is 0.0674. The van der Waals surface area contributed by atoms with Crippen LogP contribution in [-0.4, -0.2) is 41.9 Å². The maximum Gasteiger partial charge on any atom is 0.236 e. The van der Waals surface area contributed by atoms with Crippen LogP contribution in [0.25, 0.3) is 12.2 Å². The molecule has 156 valence electrons. The molecule has 2 rings (SSSR count). The van der Waals surface area contributed by atoms with Gasteiger partial charge in [0.25, 0.3) is 0 Å². The minimum atomic E-state index is -1.68. The number of nitrogens with two attached hydrogens (primary N) is 1. The van der Waals surface area contributed by atoms with Crippen molar-refractivity contribution in [3.63, 3.8) is 0 Å². The number of methoxy groups -OCH3 is 2. The first-order valence-corrected chi connectivity index (χ1v) is 8.74. The lowest BCUT2D eigenvalue weighted by Gasteiger charge is -2.07. The molecule has 2 aromatic rings. The van der Waals surface area contributed by atoms with Gasteiger partial charge in [0.1, 0.15) is 0 Å². The Morgan fingerprint density at radius 2 is 1.23 bits per heavy atom. The van der Waals surface area contributed by atoms with Gasteiger partial charge in [-0.25, -0.2) is 0 Å². The summed E-state index contributed by atoms with van der Waals surface area (Å²) in [4.78, 5) is 36.5. The normalized spacial score (nSPS) is 11.2. The van der Waals surface area contributed by atoms with Crippen LogP contribution in [0.15, 0.2) is 48.6 Å². The van der Waals surface area contributed by atoms with E-state index in [-0.39, 0.29) is 23.0 Å². The zero-order chi connectivity index (χ0) is 22.3. The van der Waals surface area contributed by atoms with Gasteiger partial charge in [0.15, 0.2) is 40.5 Å². The number of aromatic hydroxyl groups is 2. The standard InChI is InChI=1S/C22H21NO7/c1-29-19-11-13(3-7-15(19)24)5-9-17(26)21(22(23)28)18(27)10-6-14-4-8-16(25)20(12-14)30-2/h3-12,21,24-25H,1-2H3,(H2,23,28)/b9-5+,10-6+. The Kier molecular flexibility index (Phi) is 7.35. The lowest BCUT2D eigenvalue weighted by Crippen LogP contribution is -2.35. The fourth-order valence-corrected chi connectivity index (χ4v) is 2.57. The van der Waals surface area contributed by atoms with Crippen LogP contribution < -0.4 is 15.2 Å². The Morgan fingerprint density at radius 1 is 0.833 bits per heavy atom. The molecule has 0 saturated carbocycles. The Morgan fingerprint density at radius 3 is 1.57 bits per heavy atom. The van der Waals surface area contributed by atoms with E-state index in [9.17, 15) is 24.6 Å². The lowest BCUT2D eigenvalue weighted by molar-refractivity contribution is -0.135. The molecule has 1 amide bonds. The number of rotatable bonds is 9. The van der Waals surface area contributed by atoms with E-state index in [2.05, 4.69) is 0 Å². The maximum atomic E-state index is 12.4. The van der Waals surface area contributed by atoms with Crippen LogP contribution >= 0.6 is 0 Å². The second-order valence-corrected chi connectivity index (χ2v) is 6.17. The average Bonchev–Trinajstić information content (AvgIpc) is 2.72. The summed E-state index contributed by atoms with van der Waals surface area (Å²) in [7, 11) is 2.76. The predicted molar refractivity (Wildman–Crippen MR) is 110 cm³/mol. The quantitative estimate of drug-likeness (QED) is 0.424. The highest BCUT2D eigenvalue weighted by Gasteiger charge is 2.28. The number of phenolic OH excluding ortho intramolecular Hbond substituents is 2. The van der Waals surface area contributed by atoms with Crippen LogP contribution in [0, 0.1) is 5.92 Å². The van der Waals surface area contributed by atoms with E-state index in [0.717, 1.165) is 12.2 Å². The fraction of sp³-hybridized carbons (Fsp3) is 0.136. The number of amides is 1. The summed E-state index contributed by atoms with van der Waals surface area (Å²) >= 11 is 0. The molecule has 30 heavy (non-hydrogen) atoms. The number of carbonyl (C=O) groups excluding carboxylic acids is 3. The molecule has 0 spiro atoms. The first kappa shape index (κ1) is 22.2. The van der Waals surface area contributed by atoms with Crippen LogP contribution in [-0.2, 0) is 14.4 Å². The molecule has 8 heteroatoms. The molecule has 0 unspecified atom stereocenters. The van der Waals surface area contributed by atoms with E-state index in [1.54, 1.807) is 0 Å². The SMILES string of the molecule is COc1cc(/C=C/C(=O)C(C(N)=O)C(=O)/C=C/c2ccc(O)c(OC)c2)ccc1O. The summed E-state index contributed by atoms with van der Waals surface area (Å²) < 4.78 is 9.97. The van der Waals surface area contributed by atoms with Crippen molar-refractivity contribution < 1.29 is 34.1 Å². The molecule has 8 nitrogen and oxygen atoms in total. The summed E-state index contributed by atoms with van der Waals surface area (Å²) in [5.74, 6) is -4.05. The lowest BCUT2D eigenvalue weighted by atomic mass is 9.96. The van der Waals surface area contributed by atoms with Crippen molar-refractivity contribution in [3.8, 4) is 23.0 Å². The number of hydrogen-bond acceptors (Lipinski definition) is 7. The molecule has 0 heterocycles. The Bertz CT molecular complexity index is 949. The third kappa shape index (κ3) is 5.48. The van der Waals surface area contributed by atoms with E-state index in [1.807, 2.05) is 0 Å². The zero-order valence-electron chi connectivity index (χ0n) is 16.4. The summed E-state index contributed by atoms with van der Waals surface area (Å²) in [5, 5.41) is 19.2. The molecule has 0 aliphatic carbocycles. The van der Waals surface area contributed by atoms with E-state index >= 15 is 0 Å². The second-order valence-electron chi connectivity index (χ2n) is 6.17. The summed E-state index contributed by atoms with van der Waals surface area (Å²) in [6.07, 6.45) is 4.89. The van der Waals surface area contributed by atoms with Gasteiger partial charge in [0.2, 0.25) is 5.91 Å². The molecule has 0 bridgehead atoms. The van der Waals surface area contributed by atoms with Crippen molar-refractivity contribution in [2.24, 2.45) is 11.7 Å². The van der Waals surface area contributed by atoms with Gasteiger partial charge < -0.3 is 25.4 Å². The Balaban J connectivity index is 2.18. The van der Waals surface area contributed by atoms with E-state index in [1.165, 1.54) is 62.8 Å². The largest absolute Gasteiger partial charge is 0.504 e. The van der Waals surface area contributed by atoms with E-state index in [0.29, 0.717) is 11.1 Å². The number of allylic oxidation sites excluding steroid dienone is 2. The molecular weight excluding hydrogens is 390 g/mol. The van der Waals surface area contributed by atoms with Gasteiger partial charge in [-0.15, -0.1) is 0 Å². The highest BCUT2D eigenvalue weighted by molar-refractivity contribution is 6.25. The third-order valence-corrected chi connectivity index (χ3v) is 4.14. The van der Waals surface area contributed by atoms with E-state index < -0.39 is 23.4 Å². The number of primary amides is 1. The van der Waals surface area contributed by atoms with Crippen LogP contribution in [0.5, 0.6) is 23.0 Å². The molecule has 0 radical (unpaired) electrons. The van der Waals surface area contributed by atoms with Gasteiger partial charge in [-0.05, 0) is 47.5 Å². The second kappa shape index (κ2) is 9.92. The zero-order valence-corrected chi connectivity index (χ0v) is 16.4. The Hall–Kier alpha value is -4.07. The Labute approximate surface area is 172 Å². The van der Waals surface area contributed by atoms with Crippen molar-refractivity contribution >= 4 is 29.6 Å². The number of carbonyl (C=O) groups is 3. The number of benzene rings is 2. The molecule has 0 fully saturated rings.